The number of carbonyl (C=O) groups excluding carboxylic acids is 3. The summed E-state index contributed by atoms with van der Waals surface area (Å²) in [6.45, 7) is 45.3. The lowest BCUT2D eigenvalue weighted by Crippen LogP contribution is -2.41. The number of ether oxygens (including phenoxy) is 2. The number of halogens is 11. The molecule has 0 aliphatic carbocycles. The molecule has 29 nitrogen and oxygen atoms in total. The molecule has 744 valence electrons. The second-order valence-corrected chi connectivity index (χ2v) is 57.1. The van der Waals surface area contributed by atoms with Crippen molar-refractivity contribution in [1.82, 2.24) is 74.0 Å². The molecule has 0 radical (unpaired) electrons. The first-order chi connectivity index (χ1) is 65.5. The quantitative estimate of drug-likeness (QED) is 0.0193. The molecule has 3 saturated heterocycles. The van der Waals surface area contributed by atoms with E-state index in [1.165, 1.54) is 35.1 Å². The fourth-order valence-electron chi connectivity index (χ4n) is 12.6. The van der Waals surface area contributed by atoms with Crippen molar-refractivity contribution in [2.24, 2.45) is 0 Å². The van der Waals surface area contributed by atoms with Crippen LogP contribution >= 0.6 is 111 Å². The number of thiazole rings is 7. The van der Waals surface area contributed by atoms with E-state index in [0.29, 0.717) is 73.0 Å². The zero-order valence-electron chi connectivity index (χ0n) is 80.2. The first-order valence-electron chi connectivity index (χ1n) is 43.2. The highest BCUT2D eigenvalue weighted by molar-refractivity contribution is 9.11. The Balaban J connectivity index is 0.000000154. The van der Waals surface area contributed by atoms with Gasteiger partial charge in [0.1, 0.15) is 47.6 Å². The van der Waals surface area contributed by atoms with E-state index in [0.717, 1.165) is 110 Å². The maximum atomic E-state index is 14.5. The minimum absolute atomic E-state index is 0.115. The van der Waals surface area contributed by atoms with Gasteiger partial charge in [-0.25, -0.2) is 93.1 Å². The molecule has 3 aromatic carbocycles. The van der Waals surface area contributed by atoms with Crippen LogP contribution < -0.4 is 20.6 Å². The second-order valence-electron chi connectivity index (χ2n) is 37.1. The van der Waals surface area contributed by atoms with E-state index in [1.54, 1.807) is 84.8 Å². The normalized spacial score (nSPS) is 15.3. The number of benzene rings is 3. The Morgan fingerprint density at radius 3 is 1.13 bits per heavy atom. The molecule has 0 bridgehead atoms. The van der Waals surface area contributed by atoms with Crippen LogP contribution in [0.5, 0.6) is 0 Å². The second kappa shape index (κ2) is 45.1. The van der Waals surface area contributed by atoms with Crippen LogP contribution in [0.25, 0.3) is 41.4 Å². The fraction of sp³-hybridized carbons (Fsp3) is 0.386. The molecule has 140 heavy (non-hydrogen) atoms. The highest BCUT2D eigenvalue weighted by atomic mass is 79.9. The van der Waals surface area contributed by atoms with Crippen LogP contribution in [0.2, 0.25) is 51.4 Å². The first kappa shape index (κ1) is 110. The van der Waals surface area contributed by atoms with Gasteiger partial charge in [0.15, 0.2) is 50.3 Å². The van der Waals surface area contributed by atoms with Crippen LogP contribution in [0.4, 0.5) is 54.9 Å². The molecule has 0 spiro atoms. The van der Waals surface area contributed by atoms with Crippen molar-refractivity contribution in [3.05, 3.63) is 226 Å². The summed E-state index contributed by atoms with van der Waals surface area (Å²) in [4.78, 5) is 70.8. The number of amides is 3. The highest BCUT2D eigenvalue weighted by Gasteiger charge is 2.64. The number of anilines is 3. The molecule has 3 amide bonds. The van der Waals surface area contributed by atoms with E-state index in [-0.39, 0.29) is 69.6 Å². The molecule has 52 heteroatoms. The van der Waals surface area contributed by atoms with Gasteiger partial charge >= 0.3 is 21.1 Å². The summed E-state index contributed by atoms with van der Waals surface area (Å²) in [6, 6.07) is 5.71. The lowest BCUT2D eigenvalue weighted by molar-refractivity contribution is 0.00578. The van der Waals surface area contributed by atoms with Crippen LogP contribution in [0.1, 0.15) is 137 Å². The molecular weight excluding hydrogens is 2130 g/mol. The maximum absolute atomic E-state index is 14.5. The maximum Gasteiger partial charge on any atom is 0.498 e. The van der Waals surface area contributed by atoms with Gasteiger partial charge in [0.2, 0.25) is 20.5 Å². The summed E-state index contributed by atoms with van der Waals surface area (Å²) in [5.74, 6) is -15.3. The molecule has 0 unspecified atom stereocenters. The summed E-state index contributed by atoms with van der Waals surface area (Å²) in [5, 5.41) is 31.1. The van der Waals surface area contributed by atoms with Gasteiger partial charge in [-0.2, -0.15) is 20.4 Å². The molecule has 11 aromatic heterocycles. The average molecular weight is 2230 g/mol. The van der Waals surface area contributed by atoms with Gasteiger partial charge in [-0.05, 0) is 191 Å². The van der Waals surface area contributed by atoms with Crippen LogP contribution in [-0.2, 0) is 37.4 Å². The fourth-order valence-corrected chi connectivity index (χ4v) is 19.7. The SMILES string of the molecule is CC1(C)OB(B2OC(C)(C)C(C)(C)O2)OC1(C)C.C[Si](C)(C)CCOCN(C(=O)c1c(F)ccc(F)c1F)c1ncc(Br)s1.Cc1nn(-c2nccs2)cc1-c1cnc(N(COCC[Si](C)(C)C)C(=O)c2c(F)ccc(F)c2F)s1.Cc1nn(-c2nccs2)cc1-c1cnc(NC(=O)c2c(F)ccc(F)c2F)s1.Cc1nn(-c2nccs2)cc1B1OC(C)(C)C(C)(C)O1.Cc1nn(-c2nccs2)cc1Br. The molecule has 14 heterocycles. The number of aryl methyl sites for hydroxylation is 4. The van der Waals surface area contributed by atoms with Crippen LogP contribution in [0, 0.1) is 80.0 Å². The monoisotopic (exact) mass is 2230 g/mol. The van der Waals surface area contributed by atoms with Gasteiger partial charge in [0.05, 0.1) is 80.6 Å². The molecule has 14 aromatic rings. The minimum atomic E-state index is -1.55. The Hall–Kier alpha value is -9.04. The third kappa shape index (κ3) is 26.6. The zero-order valence-corrected chi connectivity index (χ0v) is 91.1. The van der Waals surface area contributed by atoms with Crippen molar-refractivity contribution in [2.75, 3.05) is 41.8 Å². The van der Waals surface area contributed by atoms with Crippen molar-refractivity contribution in [3.63, 3.8) is 0 Å². The predicted octanol–water partition coefficient (Wildman–Crippen LogP) is 22.4. The lowest BCUT2D eigenvalue weighted by atomic mass is 9.49. The summed E-state index contributed by atoms with van der Waals surface area (Å²) in [6.07, 6.45) is 18.8. The molecule has 17 rings (SSSR count). The molecule has 0 saturated carbocycles. The summed E-state index contributed by atoms with van der Waals surface area (Å²) in [7, 11) is -4.09. The van der Waals surface area contributed by atoms with Gasteiger partial charge < -0.3 is 37.4 Å². The van der Waals surface area contributed by atoms with Gasteiger partial charge in [-0.3, -0.25) is 29.5 Å². The Morgan fingerprint density at radius 1 is 0.421 bits per heavy atom. The van der Waals surface area contributed by atoms with Crippen LogP contribution in [-0.4, -0.2) is 189 Å². The standard InChI is InChI=1S/C23H24F3N5O2S2Si.C17H10F3N5OS2.C16H18BrF3N2O2SSi.C13H18BN3O2S.C12H24B2O4.C7H6BrN3S/c1-14-15(12-31(29-14)23-27-7-9-34-23)18-11-28-22(35-18)30(13-33-8-10-36(2,3)4)21(32)19-16(24)5-6-17(25)20(19)26;1-8-9(7-25(24-8)17-21-4-5-27-17)12-6-22-16(28-12)23-15(26)13-10(18)2-3-11(19)14(13)20;1-26(2,3)7-6-24-9-22(16-21-8-12(17)25-16)15(23)13-10(18)4-5-11(19)14(13)20;1-9-10(8-17(16-9)11-15-6-7-20-11)14-18-12(2,3)13(4,5)19-14;1-9(2)10(3,4)16-13(15-9)14-17-11(5,6)12(7,8)18-14;1-5-6(8)4-11(10-5)7-9-2-3-12-7/h5-7,9,11-12H,8,10,13H2,1-4H3;2-7H,1H3,(H,22,23,26);4-5,8H,6-7,9H2,1-3H3;6-8H,1-5H3;1-8H3;2-4H,1H3. The van der Waals surface area contributed by atoms with E-state index in [2.05, 4.69) is 132 Å². The lowest BCUT2D eigenvalue weighted by Gasteiger charge is -2.32. The molecule has 0 atom stereocenters. The summed E-state index contributed by atoms with van der Waals surface area (Å²) < 4.78 is 181. The van der Waals surface area contributed by atoms with E-state index in [9.17, 15) is 53.9 Å². The number of hydrogen-bond donors (Lipinski definition) is 1. The van der Waals surface area contributed by atoms with Gasteiger partial charge in [0.25, 0.3) is 17.7 Å². The average Bonchev–Trinajstić information content (AvgIpc) is 1.60. The number of nitrogens with one attached hydrogen (secondary N) is 1. The summed E-state index contributed by atoms with van der Waals surface area (Å²) >= 11 is 15.9. The largest absolute Gasteiger partial charge is 0.498 e. The Bertz CT molecular complexity index is 6540. The van der Waals surface area contributed by atoms with Gasteiger partial charge in [0, 0.05) is 129 Å². The number of carbonyl (C=O) groups is 3. The minimum Gasteiger partial charge on any atom is -0.405 e. The molecule has 3 aliphatic heterocycles. The summed E-state index contributed by atoms with van der Waals surface area (Å²) in [5.41, 5.74) is 0.739. The third-order valence-electron chi connectivity index (χ3n) is 22.7. The smallest absolute Gasteiger partial charge is 0.405 e. The Labute approximate surface area is 850 Å². The highest BCUT2D eigenvalue weighted by Crippen LogP contribution is 2.45. The molecule has 3 aliphatic rings. The third-order valence-corrected chi connectivity index (χ3v) is 33.4. The molecular formula is C88H100B3Br2F9N18O11S7Si2. The van der Waals surface area contributed by atoms with Crippen molar-refractivity contribution < 1.29 is 91.3 Å². The number of hydrogen-bond acceptors (Lipinski definition) is 29. The number of rotatable bonds is 24. The topological polar surface area (TPSA) is 305 Å². The number of aromatic nitrogens is 15. The van der Waals surface area contributed by atoms with Crippen molar-refractivity contribution in [1.29, 1.82) is 0 Å². The van der Waals surface area contributed by atoms with Crippen molar-refractivity contribution in [3.8, 4) is 41.4 Å². The number of nitrogens with zero attached hydrogens (tertiary/aromatic N) is 17. The van der Waals surface area contributed by atoms with Crippen LogP contribution in [0.3, 0.4) is 0 Å². The zero-order chi connectivity index (χ0) is 102. The van der Waals surface area contributed by atoms with E-state index in [1.807, 2.05) is 145 Å². The molecule has 1 N–H and O–H groups in total. The van der Waals surface area contributed by atoms with E-state index < -0.39 is 117 Å². The Kier molecular flexibility index (Phi) is 35.3. The first-order valence-corrected chi connectivity index (χ1v) is 58.1. The predicted molar refractivity (Wildman–Crippen MR) is 542 cm³/mol. The van der Waals surface area contributed by atoms with Crippen LogP contribution in [0.15, 0.2) is 134 Å². The van der Waals surface area contributed by atoms with Gasteiger partial charge in [-0.15, -0.1) is 45.3 Å². The Morgan fingerprint density at radius 2 is 0.757 bits per heavy atom. The van der Waals surface area contributed by atoms with Crippen molar-refractivity contribution >= 4 is 187 Å². The molecule has 3 fully saturated rings. The van der Waals surface area contributed by atoms with Gasteiger partial charge in [-0.1, -0.05) is 73.3 Å². The van der Waals surface area contributed by atoms with E-state index >= 15 is 0 Å². The van der Waals surface area contributed by atoms with E-state index in [4.69, 9.17) is 37.4 Å². The van der Waals surface area contributed by atoms with Crippen molar-refractivity contribution in [2.45, 2.75) is 196 Å².